The van der Waals surface area contributed by atoms with E-state index in [4.69, 9.17) is 16.3 Å². The average molecular weight is 508 g/mol. The molecule has 0 spiro atoms. The highest BCUT2D eigenvalue weighted by atomic mass is 35.5. The van der Waals surface area contributed by atoms with Crippen LogP contribution >= 0.6 is 24.0 Å². The van der Waals surface area contributed by atoms with Crippen LogP contribution in [0.15, 0.2) is 36.8 Å². The third-order valence-corrected chi connectivity index (χ3v) is 6.18. The van der Waals surface area contributed by atoms with Crippen molar-refractivity contribution in [2.75, 3.05) is 19.7 Å². The van der Waals surface area contributed by atoms with Crippen LogP contribution in [0.25, 0.3) is 16.8 Å². The zero-order valence-corrected chi connectivity index (χ0v) is 19.9. The molecule has 1 aliphatic heterocycles. The minimum absolute atomic E-state index is 0. The van der Waals surface area contributed by atoms with E-state index in [1.54, 1.807) is 10.6 Å². The molecule has 5 heterocycles. The van der Waals surface area contributed by atoms with Crippen molar-refractivity contribution >= 4 is 29.5 Å². The zero-order chi connectivity index (χ0) is 22.9. The van der Waals surface area contributed by atoms with Crippen LogP contribution < -0.4 is 10.1 Å². The van der Waals surface area contributed by atoms with Crippen LogP contribution in [0.5, 0.6) is 5.75 Å². The van der Waals surface area contributed by atoms with Gasteiger partial charge in [0, 0.05) is 11.8 Å². The van der Waals surface area contributed by atoms with Crippen molar-refractivity contribution in [3.05, 3.63) is 59.0 Å². The van der Waals surface area contributed by atoms with Crippen LogP contribution in [0.4, 0.5) is 4.39 Å². The maximum Gasteiger partial charge on any atom is 0.163 e. The Balaban J connectivity index is 0.00000274. The number of piperidine rings is 1. The molecular formula is C22H24Cl2FN7O2. The van der Waals surface area contributed by atoms with Crippen molar-refractivity contribution in [2.45, 2.75) is 31.9 Å². The Bertz CT molecular complexity index is 1270. The molecule has 0 aromatic carbocycles. The summed E-state index contributed by atoms with van der Waals surface area (Å²) >= 11 is 6.38. The fraction of sp³-hybridized carbons (Fsp3) is 0.364. The second-order valence-electron chi connectivity index (χ2n) is 8.02. The molecule has 0 amide bonds. The number of hydrogen-bond acceptors (Lipinski definition) is 7. The van der Waals surface area contributed by atoms with Gasteiger partial charge in [0.05, 0.1) is 41.5 Å². The molecule has 1 saturated heterocycles. The Kier molecular flexibility index (Phi) is 7.32. The summed E-state index contributed by atoms with van der Waals surface area (Å²) in [5.74, 6) is -0.0676. The van der Waals surface area contributed by atoms with Gasteiger partial charge in [-0.2, -0.15) is 5.10 Å². The predicted octanol–water partition coefficient (Wildman–Crippen LogP) is 3.55. The summed E-state index contributed by atoms with van der Waals surface area (Å²) in [5.41, 5.74) is 3.35. The van der Waals surface area contributed by atoms with Gasteiger partial charge >= 0.3 is 0 Å². The molecule has 1 fully saturated rings. The molecule has 0 radical (unpaired) electrons. The second-order valence-corrected chi connectivity index (χ2v) is 8.43. The fourth-order valence-corrected chi connectivity index (χ4v) is 4.42. The Labute approximate surface area is 206 Å². The van der Waals surface area contributed by atoms with Crippen LogP contribution in [0, 0.1) is 12.7 Å². The Hall–Kier alpha value is -2.79. The molecule has 2 N–H and O–H groups in total. The van der Waals surface area contributed by atoms with Gasteiger partial charge < -0.3 is 15.2 Å². The van der Waals surface area contributed by atoms with Crippen molar-refractivity contribution in [3.63, 3.8) is 0 Å². The molecule has 9 nitrogen and oxygen atoms in total. The largest absolute Gasteiger partial charge is 0.479 e. The third kappa shape index (κ3) is 4.58. The smallest absolute Gasteiger partial charge is 0.163 e. The molecule has 34 heavy (non-hydrogen) atoms. The lowest BCUT2D eigenvalue weighted by molar-refractivity contribution is 0.114. The molecule has 0 aliphatic carbocycles. The lowest BCUT2D eigenvalue weighted by Crippen LogP contribution is -2.30. The number of pyridine rings is 2. The number of hydrogen-bond donors (Lipinski definition) is 2. The number of nitrogens with zero attached hydrogens (tertiary/aromatic N) is 6. The van der Waals surface area contributed by atoms with E-state index in [0.29, 0.717) is 33.7 Å². The molecule has 1 atom stereocenters. The summed E-state index contributed by atoms with van der Waals surface area (Å²) < 4.78 is 23.0. The maximum atomic E-state index is 13.3. The Morgan fingerprint density at radius 1 is 1.29 bits per heavy atom. The van der Waals surface area contributed by atoms with Crippen molar-refractivity contribution in [1.82, 2.24) is 34.9 Å². The Morgan fingerprint density at radius 2 is 2.09 bits per heavy atom. The van der Waals surface area contributed by atoms with E-state index in [0.717, 1.165) is 43.4 Å². The highest BCUT2D eigenvalue weighted by Gasteiger charge is 2.23. The minimum atomic E-state index is -0.817. The number of aliphatic hydroxyl groups excluding tert-OH is 1. The fourth-order valence-electron chi connectivity index (χ4n) is 4.20. The first-order chi connectivity index (χ1) is 16.0. The first-order valence-corrected chi connectivity index (χ1v) is 11.1. The van der Waals surface area contributed by atoms with E-state index in [1.165, 1.54) is 18.3 Å². The topological polar surface area (TPSA) is 102 Å². The molecule has 180 valence electrons. The monoisotopic (exact) mass is 507 g/mol. The summed E-state index contributed by atoms with van der Waals surface area (Å²) in [4.78, 5) is 4.04. The van der Waals surface area contributed by atoms with Gasteiger partial charge in [-0.25, -0.2) is 13.6 Å². The van der Waals surface area contributed by atoms with E-state index in [2.05, 4.69) is 25.7 Å². The van der Waals surface area contributed by atoms with Gasteiger partial charge in [-0.3, -0.25) is 4.98 Å². The second kappa shape index (κ2) is 10.2. The summed E-state index contributed by atoms with van der Waals surface area (Å²) in [6.07, 6.45) is 5.60. The lowest BCUT2D eigenvalue weighted by atomic mass is 10.1. The molecule has 4 aromatic rings. The van der Waals surface area contributed by atoms with E-state index in [1.807, 2.05) is 17.8 Å². The number of aliphatic hydroxyl groups is 1. The van der Waals surface area contributed by atoms with Gasteiger partial charge in [0.2, 0.25) is 0 Å². The van der Waals surface area contributed by atoms with Crippen LogP contribution in [0.2, 0.25) is 5.02 Å². The van der Waals surface area contributed by atoms with Gasteiger partial charge in [0.1, 0.15) is 22.8 Å². The quantitative estimate of drug-likeness (QED) is 0.411. The van der Waals surface area contributed by atoms with Gasteiger partial charge in [0.15, 0.2) is 6.10 Å². The lowest BCUT2D eigenvalue weighted by Gasteiger charge is -2.23. The van der Waals surface area contributed by atoms with Crippen molar-refractivity contribution in [3.8, 4) is 17.0 Å². The maximum absolute atomic E-state index is 13.3. The molecule has 1 unspecified atom stereocenters. The molecule has 4 aromatic heterocycles. The first-order valence-electron chi connectivity index (χ1n) is 10.7. The molecule has 12 heteroatoms. The molecule has 0 bridgehead atoms. The zero-order valence-electron chi connectivity index (χ0n) is 18.4. The van der Waals surface area contributed by atoms with E-state index in [-0.39, 0.29) is 19.0 Å². The van der Waals surface area contributed by atoms with E-state index < -0.39 is 11.9 Å². The van der Waals surface area contributed by atoms with Gasteiger partial charge in [-0.05, 0) is 51.1 Å². The summed E-state index contributed by atoms with van der Waals surface area (Å²) in [5, 5.41) is 26.9. The normalized spacial score (nSPS) is 15.3. The van der Waals surface area contributed by atoms with Crippen LogP contribution in [0.3, 0.4) is 0 Å². The van der Waals surface area contributed by atoms with Crippen LogP contribution in [-0.4, -0.2) is 54.4 Å². The van der Waals surface area contributed by atoms with E-state index in [9.17, 15) is 9.50 Å². The number of nitrogens with one attached hydrogen (secondary N) is 1. The van der Waals surface area contributed by atoms with Crippen molar-refractivity contribution in [2.24, 2.45) is 0 Å². The SMILES string of the molecule is Cc1c(-c2cc(OC(CO)c3ccc(F)cn3)c3c(Cl)cnn3c2)nnn1C1CCNCC1.Cl. The molecular weight excluding hydrogens is 484 g/mol. The first kappa shape index (κ1) is 24.3. The van der Waals surface area contributed by atoms with Gasteiger partial charge in [-0.15, -0.1) is 17.5 Å². The number of aromatic nitrogens is 6. The summed E-state index contributed by atoms with van der Waals surface area (Å²) in [6.45, 7) is 3.55. The summed E-state index contributed by atoms with van der Waals surface area (Å²) in [7, 11) is 0. The number of rotatable bonds is 6. The average Bonchev–Trinajstić information content (AvgIpc) is 3.41. The highest BCUT2D eigenvalue weighted by Crippen LogP contribution is 2.35. The van der Waals surface area contributed by atoms with Crippen molar-refractivity contribution < 1.29 is 14.2 Å². The van der Waals surface area contributed by atoms with Gasteiger partial charge in [-0.1, -0.05) is 16.8 Å². The number of ether oxygens (including phenoxy) is 1. The minimum Gasteiger partial charge on any atom is -0.479 e. The Morgan fingerprint density at radius 3 is 2.79 bits per heavy atom. The predicted molar refractivity (Wildman–Crippen MR) is 127 cm³/mol. The third-order valence-electron chi connectivity index (χ3n) is 5.90. The molecule has 0 saturated carbocycles. The van der Waals surface area contributed by atoms with Crippen molar-refractivity contribution in [1.29, 1.82) is 0 Å². The highest BCUT2D eigenvalue weighted by molar-refractivity contribution is 6.34. The number of fused-ring (bicyclic) bond motifs is 1. The molecule has 5 rings (SSSR count). The summed E-state index contributed by atoms with van der Waals surface area (Å²) in [6, 6.07) is 4.85. The van der Waals surface area contributed by atoms with Crippen LogP contribution in [0.1, 0.15) is 36.4 Å². The molecule has 1 aliphatic rings. The van der Waals surface area contributed by atoms with Crippen LogP contribution in [-0.2, 0) is 0 Å². The van der Waals surface area contributed by atoms with Gasteiger partial charge in [0.25, 0.3) is 0 Å². The van der Waals surface area contributed by atoms with E-state index >= 15 is 0 Å². The number of halogens is 3. The standard InChI is InChI=1S/C22H23ClFN7O2.ClH/c1-13-21(28-29-31(13)16-4-6-25-7-5-16)14-8-19(22-17(23)10-27-30(22)11-14)33-20(12-32)18-3-2-15(24)9-26-18;/h2-3,8-11,16,20,25,32H,4-7,12H2,1H3;1H.